The van der Waals surface area contributed by atoms with Crippen LogP contribution < -0.4 is 0 Å². The van der Waals surface area contributed by atoms with Crippen LogP contribution in [0.5, 0.6) is 0 Å². The van der Waals surface area contributed by atoms with E-state index in [2.05, 4.69) is 414 Å². The summed E-state index contributed by atoms with van der Waals surface area (Å²) in [7, 11) is 0. The second-order valence-electron chi connectivity index (χ2n) is 36.1. The molecular weight excluding hydrogens is 1800 g/mol. The van der Waals surface area contributed by atoms with Crippen LogP contribution in [0.25, 0.3) is 303 Å². The van der Waals surface area contributed by atoms with Crippen molar-refractivity contribution in [2.75, 3.05) is 0 Å². The fraction of sp³-hybridized carbons (Fsp3) is 0. The lowest BCUT2D eigenvalue weighted by atomic mass is 10.0. The summed E-state index contributed by atoms with van der Waals surface area (Å²) in [5, 5.41) is 30.1. The number of nitrogens with zero attached hydrogens (tertiary/aromatic N) is 3. The van der Waals surface area contributed by atoms with E-state index in [1.54, 1.807) is 0 Å². The van der Waals surface area contributed by atoms with E-state index in [0.29, 0.717) is 0 Å². The van der Waals surface area contributed by atoms with Crippen LogP contribution in [-0.4, -0.2) is 13.7 Å². The molecule has 12 heterocycles. The third-order valence-electron chi connectivity index (χ3n) is 28.8. The number of benzene rings is 21. The first-order chi connectivity index (χ1) is 68.4. The van der Waals surface area contributed by atoms with Gasteiger partial charge in [-0.25, -0.2) is 0 Å². The molecule has 0 spiro atoms. The van der Waals surface area contributed by atoms with Gasteiger partial charge < -0.3 is 27.0 Å². The Kier molecular flexibility index (Phi) is 16.5. The molecule has 0 aliphatic rings. The number of rotatable bonds is 6. The normalized spacial score (nSPS) is 12.3. The Hall–Kier alpha value is -16.3. The van der Waals surface area contributed by atoms with Gasteiger partial charge in [0.2, 0.25) is 0 Å². The molecule has 21 aromatic carbocycles. The van der Waals surface area contributed by atoms with Crippen LogP contribution in [0, 0.1) is 0 Å². The zero-order chi connectivity index (χ0) is 89.8. The summed E-state index contributed by atoms with van der Waals surface area (Å²) in [6.45, 7) is 0. The molecule has 0 aliphatic carbocycles. The Morgan fingerprint density at radius 1 is 0.145 bits per heavy atom. The molecule has 0 atom stereocenters. The first kappa shape index (κ1) is 77.1. The van der Waals surface area contributed by atoms with Gasteiger partial charge in [0.15, 0.2) is 0 Å². The van der Waals surface area contributed by atoms with Crippen molar-refractivity contribution in [1.29, 1.82) is 0 Å². The van der Waals surface area contributed by atoms with Crippen molar-refractivity contribution in [2.24, 2.45) is 0 Å². The summed E-state index contributed by atoms with van der Waals surface area (Å²) in [4.78, 5) is 0. The van der Waals surface area contributed by atoms with Crippen molar-refractivity contribution in [3.05, 3.63) is 419 Å². The molecule has 33 aromatic rings. The van der Waals surface area contributed by atoms with E-state index in [-0.39, 0.29) is 0 Å². The smallest absolute Gasteiger partial charge is 0.145 e. The lowest BCUT2D eigenvalue weighted by Gasteiger charge is -2.09. The van der Waals surface area contributed by atoms with Crippen molar-refractivity contribution in [3.63, 3.8) is 0 Å². The quantitative estimate of drug-likeness (QED) is 0.167. The van der Waals surface area contributed by atoms with E-state index in [0.717, 1.165) is 71.6 Å². The predicted molar refractivity (Wildman–Crippen MR) is 598 cm³/mol. The zero-order valence-electron chi connectivity index (χ0n) is 73.4. The fourth-order valence-electron chi connectivity index (χ4n) is 22.8. The average molecular weight is 1870 g/mol. The van der Waals surface area contributed by atoms with Crippen molar-refractivity contribution in [1.82, 2.24) is 13.7 Å². The van der Waals surface area contributed by atoms with Gasteiger partial charge >= 0.3 is 0 Å². The highest BCUT2D eigenvalue weighted by Crippen LogP contribution is 2.54. The van der Waals surface area contributed by atoms with Crippen LogP contribution >= 0.6 is 68.0 Å². The Morgan fingerprint density at radius 3 is 0.906 bits per heavy atom. The van der Waals surface area contributed by atoms with Gasteiger partial charge in [-0.3, -0.25) is 0 Å². The summed E-state index contributed by atoms with van der Waals surface area (Å²) in [5.74, 6) is 0. The largest absolute Gasteiger partial charge is 0.456 e. The lowest BCUT2D eigenvalue weighted by molar-refractivity contribution is 0.669. The fourth-order valence-corrected chi connectivity index (χ4v) is 30.1. The van der Waals surface area contributed by atoms with Crippen LogP contribution in [0.2, 0.25) is 0 Å². The van der Waals surface area contributed by atoms with Gasteiger partial charge in [-0.1, -0.05) is 273 Å². The second kappa shape index (κ2) is 29.6. The minimum Gasteiger partial charge on any atom is -0.456 e. The molecule has 12 aromatic heterocycles. The monoisotopic (exact) mass is 1860 g/mol. The molecule has 0 bridgehead atoms. The maximum atomic E-state index is 6.53. The van der Waals surface area contributed by atoms with Crippen molar-refractivity contribution >= 4 is 320 Å². The SMILES string of the molecule is c1ccc2c(c1)oc1c2ccc2c1c1ccccc1n2-c1ccc2sc3c(-c4cccc5c4sc4ccccc45)cccc3c2c1.c1ccc2c(c1)oc1cc3c4ccccc4n(-c4ccc5sc6c(-c7cccc8c7sc7ccccc78)cccc6c5c4)c3cc12.c1ccc2c(c1)oc1ccc3c(c4ccccc4n3-c3ccc4sc5c(-c6cccc7c6sc6ccccc67)cccc5c4c3)c12. The van der Waals surface area contributed by atoms with Gasteiger partial charge in [0.25, 0.3) is 0 Å². The highest BCUT2D eigenvalue weighted by molar-refractivity contribution is 7.29. The van der Waals surface area contributed by atoms with Gasteiger partial charge in [0, 0.05) is 231 Å². The molecule has 0 radical (unpaired) electrons. The van der Waals surface area contributed by atoms with Gasteiger partial charge in [0.1, 0.15) is 33.5 Å². The van der Waals surface area contributed by atoms with Crippen molar-refractivity contribution in [2.45, 2.75) is 0 Å². The summed E-state index contributed by atoms with van der Waals surface area (Å²) in [6, 6.07) is 153. The Bertz CT molecular complexity index is 10900. The number of para-hydroxylation sites is 6. The molecule has 33 rings (SSSR count). The Labute approximate surface area is 809 Å². The molecule has 0 N–H and O–H groups in total. The van der Waals surface area contributed by atoms with Crippen molar-refractivity contribution < 1.29 is 13.3 Å². The highest BCUT2D eigenvalue weighted by Gasteiger charge is 2.27. The maximum Gasteiger partial charge on any atom is 0.145 e. The standard InChI is InChI=1S/3C42H23NOS2/c1-4-16-33-30(10-1)39-34(20-21-36-40(39)31-11-2-5-17-35(31)44-36)43(33)24-19-22-38-32(23-24)29-15-8-14-28(42(29)46-38)27-13-7-12-26-25-9-3-6-18-37(25)45-41(26)27;1-4-16-34-32(11-1)39-35(21-20-27-25-9-2-5-17-36(25)44-40(27)39)43(34)24-19-22-38-33(23-24)31-15-8-14-30(42(31)46-38)29-13-7-12-28-26-10-3-6-18-37(26)45-41(28)29;1-4-16-35-25(9-1)32-23-38-33(26-10-2-5-17-37(26)44-38)22-36(32)43(35)24-19-20-40-34(21-24)31-15-8-14-30(42(31)46-40)29-13-7-12-28-27-11-3-6-18-39(27)45-41(28)29/h3*1-23H. The van der Waals surface area contributed by atoms with E-state index in [4.69, 9.17) is 13.3 Å². The average Bonchev–Trinajstić information content (AvgIpc) is 1.56. The third kappa shape index (κ3) is 11.2. The van der Waals surface area contributed by atoms with E-state index >= 15 is 0 Å². The van der Waals surface area contributed by atoms with Crippen molar-refractivity contribution in [3.8, 4) is 50.4 Å². The molecule has 138 heavy (non-hydrogen) atoms. The number of thiophene rings is 6. The van der Waals surface area contributed by atoms with Crippen LogP contribution in [0.15, 0.2) is 432 Å². The van der Waals surface area contributed by atoms with Gasteiger partial charge in [-0.2, -0.15) is 0 Å². The van der Waals surface area contributed by atoms with E-state index in [1.807, 2.05) is 86.2 Å². The minimum atomic E-state index is 0.925. The molecular formula is C126H69N3O3S6. The minimum absolute atomic E-state index is 0.925. The molecule has 0 amide bonds. The molecule has 642 valence electrons. The number of hydrogen-bond acceptors (Lipinski definition) is 9. The van der Waals surface area contributed by atoms with Gasteiger partial charge in [-0.15, -0.1) is 68.0 Å². The summed E-state index contributed by atoms with van der Waals surface area (Å²) >= 11 is 11.4. The predicted octanol–water partition coefficient (Wildman–Crippen LogP) is 39.3. The maximum absolute atomic E-state index is 6.53. The zero-order valence-corrected chi connectivity index (χ0v) is 78.3. The number of furan rings is 3. The number of hydrogen-bond donors (Lipinski definition) is 0. The Balaban J connectivity index is 0.0000000959. The van der Waals surface area contributed by atoms with E-state index < -0.39 is 0 Å². The molecule has 0 unspecified atom stereocenters. The highest BCUT2D eigenvalue weighted by atomic mass is 32.1. The molecule has 6 nitrogen and oxygen atoms in total. The number of fused-ring (bicyclic) bond motifs is 38. The molecule has 0 saturated heterocycles. The summed E-state index contributed by atoms with van der Waals surface area (Å²) < 4.78 is 42.4. The topological polar surface area (TPSA) is 54.2 Å². The molecule has 0 saturated carbocycles. The van der Waals surface area contributed by atoms with Crippen LogP contribution in [0.3, 0.4) is 0 Å². The molecule has 12 heteroatoms. The van der Waals surface area contributed by atoms with Crippen LogP contribution in [0.4, 0.5) is 0 Å². The summed E-state index contributed by atoms with van der Waals surface area (Å²) in [5.41, 5.74) is 24.1. The molecule has 0 fully saturated rings. The number of aromatic nitrogens is 3. The first-order valence-electron chi connectivity index (χ1n) is 46.5. The lowest BCUT2D eigenvalue weighted by Crippen LogP contribution is -1.93. The Morgan fingerprint density at radius 2 is 0.457 bits per heavy atom. The molecule has 0 aliphatic heterocycles. The second-order valence-corrected chi connectivity index (χ2v) is 42.4. The van der Waals surface area contributed by atoms with E-state index in [9.17, 15) is 0 Å². The van der Waals surface area contributed by atoms with Gasteiger partial charge in [0.05, 0.1) is 38.5 Å². The third-order valence-corrected chi connectivity index (χ3v) is 36.1. The van der Waals surface area contributed by atoms with Gasteiger partial charge in [-0.05, 0) is 146 Å². The first-order valence-corrected chi connectivity index (χ1v) is 51.4. The van der Waals surface area contributed by atoms with Crippen LogP contribution in [-0.2, 0) is 0 Å². The summed E-state index contributed by atoms with van der Waals surface area (Å²) in [6.07, 6.45) is 0. The van der Waals surface area contributed by atoms with E-state index in [1.165, 1.54) is 231 Å². The van der Waals surface area contributed by atoms with Crippen LogP contribution in [0.1, 0.15) is 0 Å².